The quantitative estimate of drug-likeness (QED) is 0.667. The molecule has 0 unspecified atom stereocenters. The molecule has 1 amide bonds. The van der Waals surface area contributed by atoms with Crippen molar-refractivity contribution < 1.29 is 14.3 Å². The van der Waals surface area contributed by atoms with E-state index in [-0.39, 0.29) is 17.1 Å². The lowest BCUT2D eigenvalue weighted by molar-refractivity contribution is 0.102. The molecule has 0 aliphatic heterocycles. The number of nitrogens with one attached hydrogen (secondary N) is 2. The minimum Gasteiger partial charge on any atom is -0.507 e. The highest BCUT2D eigenvalue weighted by atomic mass is 35.5. The Morgan fingerprint density at radius 2 is 2.04 bits per heavy atom. The van der Waals surface area contributed by atoms with E-state index in [0.29, 0.717) is 16.3 Å². The van der Waals surface area contributed by atoms with Crippen molar-refractivity contribution in [2.24, 2.45) is 0 Å². The Labute approximate surface area is 142 Å². The van der Waals surface area contributed by atoms with E-state index in [9.17, 15) is 14.3 Å². The number of rotatable bonds is 3. The Kier molecular flexibility index (Phi) is 4.22. The molecule has 0 aliphatic carbocycles. The summed E-state index contributed by atoms with van der Waals surface area (Å²) in [6.07, 6.45) is 0. The van der Waals surface area contributed by atoms with Crippen LogP contribution in [-0.2, 0) is 0 Å². The molecule has 3 rings (SSSR count). The number of carbonyl (C=O) groups is 1. The smallest absolute Gasteiger partial charge is 0.273 e. The monoisotopic (exact) mass is 345 g/mol. The standard InChI is InChI=1S/C17H13ClFN3O2/c1-9-6-16(23)10(7-11(9)18)14-8-15(22-21-14)17(24)20-13-5-3-2-4-12(13)19/h2-8,23H,1H3,(H,20,24)(H,21,22). The Morgan fingerprint density at radius 3 is 2.79 bits per heavy atom. The number of aryl methyl sites for hydroxylation is 1. The summed E-state index contributed by atoms with van der Waals surface area (Å²) in [7, 11) is 0. The predicted octanol–water partition coefficient (Wildman–Crippen LogP) is 4.14. The number of aromatic nitrogens is 2. The van der Waals surface area contributed by atoms with Crippen LogP contribution in [0.25, 0.3) is 11.3 Å². The zero-order chi connectivity index (χ0) is 17.3. The Balaban J connectivity index is 1.87. The summed E-state index contributed by atoms with van der Waals surface area (Å²) in [6, 6.07) is 10.4. The van der Waals surface area contributed by atoms with Crippen molar-refractivity contribution in [2.45, 2.75) is 6.92 Å². The first-order chi connectivity index (χ1) is 11.5. The fraction of sp³-hybridized carbons (Fsp3) is 0.0588. The topological polar surface area (TPSA) is 78.0 Å². The van der Waals surface area contributed by atoms with Gasteiger partial charge in [0.25, 0.3) is 5.91 Å². The number of anilines is 1. The van der Waals surface area contributed by atoms with Crippen LogP contribution in [-0.4, -0.2) is 21.2 Å². The van der Waals surface area contributed by atoms with Crippen molar-refractivity contribution in [2.75, 3.05) is 5.32 Å². The fourth-order valence-corrected chi connectivity index (χ4v) is 2.36. The largest absolute Gasteiger partial charge is 0.507 e. The van der Waals surface area contributed by atoms with E-state index < -0.39 is 11.7 Å². The summed E-state index contributed by atoms with van der Waals surface area (Å²) in [5, 5.41) is 19.5. The number of carbonyl (C=O) groups excluding carboxylic acids is 1. The van der Waals surface area contributed by atoms with E-state index in [1.54, 1.807) is 19.1 Å². The number of hydrogen-bond acceptors (Lipinski definition) is 3. The van der Waals surface area contributed by atoms with Gasteiger partial charge < -0.3 is 10.4 Å². The number of H-pyrrole nitrogens is 1. The maximum absolute atomic E-state index is 13.6. The summed E-state index contributed by atoms with van der Waals surface area (Å²) < 4.78 is 13.6. The van der Waals surface area contributed by atoms with Crippen LogP contribution >= 0.6 is 11.6 Å². The van der Waals surface area contributed by atoms with Crippen LogP contribution in [0.2, 0.25) is 5.02 Å². The summed E-state index contributed by atoms with van der Waals surface area (Å²) >= 11 is 6.06. The van der Waals surface area contributed by atoms with E-state index in [2.05, 4.69) is 15.5 Å². The second-order valence-electron chi connectivity index (χ2n) is 5.22. The van der Waals surface area contributed by atoms with E-state index in [1.165, 1.54) is 30.3 Å². The SMILES string of the molecule is Cc1cc(O)c(-c2cc(C(=O)Nc3ccccc3F)[nH]n2)cc1Cl. The summed E-state index contributed by atoms with van der Waals surface area (Å²) in [5.41, 5.74) is 1.68. The molecular weight excluding hydrogens is 333 g/mol. The van der Waals surface area contributed by atoms with Gasteiger partial charge in [-0.3, -0.25) is 9.89 Å². The first-order valence-electron chi connectivity index (χ1n) is 7.06. The van der Waals surface area contributed by atoms with Gasteiger partial charge in [-0.2, -0.15) is 5.10 Å². The normalized spacial score (nSPS) is 10.6. The number of halogens is 2. The zero-order valence-electron chi connectivity index (χ0n) is 12.6. The molecule has 0 atom stereocenters. The molecule has 122 valence electrons. The van der Waals surface area contributed by atoms with E-state index in [1.807, 2.05) is 0 Å². The molecule has 1 heterocycles. The van der Waals surface area contributed by atoms with Crippen LogP contribution in [0, 0.1) is 12.7 Å². The molecule has 24 heavy (non-hydrogen) atoms. The van der Waals surface area contributed by atoms with Crippen molar-refractivity contribution in [3.63, 3.8) is 0 Å². The first-order valence-corrected chi connectivity index (χ1v) is 7.44. The number of amides is 1. The third-order valence-electron chi connectivity index (χ3n) is 3.50. The van der Waals surface area contributed by atoms with Gasteiger partial charge in [-0.25, -0.2) is 4.39 Å². The van der Waals surface area contributed by atoms with E-state index in [0.717, 1.165) is 5.56 Å². The molecule has 0 saturated carbocycles. The van der Waals surface area contributed by atoms with Crippen molar-refractivity contribution in [1.29, 1.82) is 0 Å². The van der Waals surface area contributed by atoms with Gasteiger partial charge >= 0.3 is 0 Å². The number of aromatic amines is 1. The Morgan fingerprint density at radius 1 is 1.29 bits per heavy atom. The molecule has 2 aromatic carbocycles. The number of phenols is 1. The second kappa shape index (κ2) is 6.33. The van der Waals surface area contributed by atoms with Crippen LogP contribution < -0.4 is 5.32 Å². The lowest BCUT2D eigenvalue weighted by Crippen LogP contribution is -2.13. The maximum atomic E-state index is 13.6. The molecule has 3 N–H and O–H groups in total. The lowest BCUT2D eigenvalue weighted by atomic mass is 10.1. The van der Waals surface area contributed by atoms with Gasteiger partial charge in [-0.1, -0.05) is 23.7 Å². The van der Waals surface area contributed by atoms with Gasteiger partial charge in [0.15, 0.2) is 0 Å². The van der Waals surface area contributed by atoms with Crippen LogP contribution in [0.15, 0.2) is 42.5 Å². The number of benzene rings is 2. The average molecular weight is 346 g/mol. The number of phenolic OH excluding ortho intramolecular Hbond substituents is 1. The molecule has 0 bridgehead atoms. The van der Waals surface area contributed by atoms with Gasteiger partial charge in [-0.05, 0) is 42.8 Å². The molecule has 0 saturated heterocycles. The summed E-state index contributed by atoms with van der Waals surface area (Å²) in [4.78, 5) is 12.2. The number of hydrogen-bond donors (Lipinski definition) is 3. The molecule has 3 aromatic rings. The van der Waals surface area contributed by atoms with Crippen LogP contribution in [0.3, 0.4) is 0 Å². The van der Waals surface area contributed by atoms with Crippen molar-refractivity contribution in [1.82, 2.24) is 10.2 Å². The number of aromatic hydroxyl groups is 1. The third-order valence-corrected chi connectivity index (χ3v) is 3.90. The van der Waals surface area contributed by atoms with E-state index >= 15 is 0 Å². The molecule has 0 aliphatic rings. The highest BCUT2D eigenvalue weighted by Gasteiger charge is 2.15. The maximum Gasteiger partial charge on any atom is 0.273 e. The highest BCUT2D eigenvalue weighted by Crippen LogP contribution is 2.33. The van der Waals surface area contributed by atoms with Gasteiger partial charge in [0, 0.05) is 10.6 Å². The molecule has 1 aromatic heterocycles. The van der Waals surface area contributed by atoms with Crippen LogP contribution in [0.1, 0.15) is 16.1 Å². The van der Waals surface area contributed by atoms with Crippen LogP contribution in [0.5, 0.6) is 5.75 Å². The highest BCUT2D eigenvalue weighted by molar-refractivity contribution is 6.31. The van der Waals surface area contributed by atoms with Crippen molar-refractivity contribution in [3.05, 3.63) is 64.6 Å². The van der Waals surface area contributed by atoms with Gasteiger partial charge in [-0.15, -0.1) is 0 Å². The fourth-order valence-electron chi connectivity index (χ4n) is 2.20. The number of para-hydroxylation sites is 1. The Hall–Kier alpha value is -2.86. The molecular formula is C17H13ClFN3O2. The number of nitrogens with zero attached hydrogens (tertiary/aromatic N) is 1. The second-order valence-corrected chi connectivity index (χ2v) is 5.63. The molecule has 0 fully saturated rings. The van der Waals surface area contributed by atoms with Crippen molar-refractivity contribution >= 4 is 23.2 Å². The first kappa shape index (κ1) is 16.0. The minimum absolute atomic E-state index is 0.00413. The Bertz CT molecular complexity index is 924. The minimum atomic E-state index is -0.545. The van der Waals surface area contributed by atoms with Gasteiger partial charge in [0.05, 0.1) is 11.4 Å². The van der Waals surface area contributed by atoms with Gasteiger partial charge in [0.1, 0.15) is 17.3 Å². The molecule has 7 heteroatoms. The lowest BCUT2D eigenvalue weighted by Gasteiger charge is -2.05. The van der Waals surface area contributed by atoms with Crippen LogP contribution in [0.4, 0.5) is 10.1 Å². The molecule has 5 nitrogen and oxygen atoms in total. The predicted molar refractivity (Wildman–Crippen MR) is 89.8 cm³/mol. The molecule has 0 radical (unpaired) electrons. The zero-order valence-corrected chi connectivity index (χ0v) is 13.4. The van der Waals surface area contributed by atoms with Crippen molar-refractivity contribution in [3.8, 4) is 17.0 Å². The summed E-state index contributed by atoms with van der Waals surface area (Å²) in [5.74, 6) is -1.07. The molecule has 0 spiro atoms. The van der Waals surface area contributed by atoms with Gasteiger partial charge in [0.2, 0.25) is 0 Å². The van der Waals surface area contributed by atoms with E-state index in [4.69, 9.17) is 11.6 Å². The average Bonchev–Trinajstić information content (AvgIpc) is 3.03. The third kappa shape index (κ3) is 3.09. The summed E-state index contributed by atoms with van der Waals surface area (Å²) in [6.45, 7) is 1.77.